The van der Waals surface area contributed by atoms with Gasteiger partial charge >= 0.3 is 0 Å². The molecule has 0 aromatic heterocycles. The molecule has 0 aliphatic heterocycles. The van der Waals surface area contributed by atoms with Crippen LogP contribution in [0.4, 0.5) is 15.8 Å². The predicted molar refractivity (Wildman–Crippen MR) is 76.9 cm³/mol. The van der Waals surface area contributed by atoms with Crippen LogP contribution in [0, 0.1) is 15.9 Å². The summed E-state index contributed by atoms with van der Waals surface area (Å²) in [5, 5.41) is 20.0. The van der Waals surface area contributed by atoms with Crippen LogP contribution in [-0.4, -0.2) is 29.2 Å². The molecular weight excluding hydrogens is 287 g/mol. The maximum Gasteiger partial charge on any atom is 0.294 e. The summed E-state index contributed by atoms with van der Waals surface area (Å²) in [4.78, 5) is 12.2. The van der Waals surface area contributed by atoms with E-state index < -0.39 is 10.7 Å². The van der Waals surface area contributed by atoms with Gasteiger partial charge in [-0.2, -0.15) is 0 Å². The lowest BCUT2D eigenvalue weighted by atomic mass is 10.1. The lowest BCUT2D eigenvalue weighted by Gasteiger charge is -2.31. The number of hydrogen-bond acceptors (Lipinski definition) is 4. The van der Waals surface area contributed by atoms with E-state index in [0.717, 1.165) is 25.0 Å². The lowest BCUT2D eigenvalue weighted by molar-refractivity contribution is -0.384. The van der Waals surface area contributed by atoms with Crippen molar-refractivity contribution in [2.75, 3.05) is 18.1 Å². The van der Waals surface area contributed by atoms with E-state index in [4.69, 9.17) is 16.7 Å². The number of aliphatic hydroxyl groups is 1. The largest absolute Gasteiger partial charge is 0.395 e. The van der Waals surface area contributed by atoms with Crippen LogP contribution >= 0.6 is 11.6 Å². The Morgan fingerprint density at radius 1 is 1.45 bits per heavy atom. The van der Waals surface area contributed by atoms with Gasteiger partial charge in [-0.05, 0) is 12.8 Å². The molecule has 0 amide bonds. The summed E-state index contributed by atoms with van der Waals surface area (Å²) < 4.78 is 13.7. The van der Waals surface area contributed by atoms with Gasteiger partial charge < -0.3 is 10.0 Å². The molecule has 0 heterocycles. The highest BCUT2D eigenvalue weighted by Gasteiger charge is 2.25. The van der Waals surface area contributed by atoms with E-state index in [1.54, 1.807) is 4.90 Å². The molecule has 0 radical (unpaired) electrons. The Bertz CT molecular complexity index is 481. The number of hydrogen-bond donors (Lipinski definition) is 1. The molecule has 20 heavy (non-hydrogen) atoms. The highest BCUT2D eigenvalue weighted by atomic mass is 35.5. The summed E-state index contributed by atoms with van der Waals surface area (Å²) >= 11 is 5.61. The van der Waals surface area contributed by atoms with Crippen LogP contribution in [0.3, 0.4) is 0 Å². The Kier molecular flexibility index (Phi) is 6.16. The van der Waals surface area contributed by atoms with E-state index in [9.17, 15) is 14.5 Å². The SMILES string of the molecule is CCC(CC)N(CCO)c1cc(F)c(Cl)cc1[N+](=O)[O-]. The molecule has 1 rings (SSSR count). The smallest absolute Gasteiger partial charge is 0.294 e. The standard InChI is InChI=1S/C13H18ClFN2O3/c1-3-9(4-2)16(5-6-18)12-8-11(15)10(14)7-13(12)17(19)20/h7-9,18H,3-6H2,1-2H3. The fourth-order valence-corrected chi connectivity index (χ4v) is 2.40. The van der Waals surface area contributed by atoms with Crippen molar-refractivity contribution >= 4 is 23.0 Å². The van der Waals surface area contributed by atoms with Crippen LogP contribution in [-0.2, 0) is 0 Å². The Morgan fingerprint density at radius 2 is 2.05 bits per heavy atom. The lowest BCUT2D eigenvalue weighted by Crippen LogP contribution is -2.37. The maximum absolute atomic E-state index is 13.7. The molecule has 7 heteroatoms. The molecule has 112 valence electrons. The molecule has 0 spiro atoms. The molecule has 0 aliphatic rings. The highest BCUT2D eigenvalue weighted by molar-refractivity contribution is 6.31. The zero-order valence-corrected chi connectivity index (χ0v) is 12.2. The minimum Gasteiger partial charge on any atom is -0.395 e. The molecule has 0 fully saturated rings. The maximum atomic E-state index is 13.7. The summed E-state index contributed by atoms with van der Waals surface area (Å²) in [5.74, 6) is -0.707. The molecule has 1 aromatic rings. The molecular formula is C13H18ClFN2O3. The predicted octanol–water partition coefficient (Wildman–Crippen LogP) is 3.37. The van der Waals surface area contributed by atoms with Crippen LogP contribution in [0.25, 0.3) is 0 Å². The van der Waals surface area contributed by atoms with Crippen molar-refractivity contribution in [3.63, 3.8) is 0 Å². The second-order valence-corrected chi connectivity index (χ2v) is 4.81. The number of nitrogens with zero attached hydrogens (tertiary/aromatic N) is 2. The van der Waals surface area contributed by atoms with Crippen molar-refractivity contribution < 1.29 is 14.4 Å². The average molecular weight is 305 g/mol. The number of aliphatic hydroxyl groups excluding tert-OH is 1. The third-order valence-electron chi connectivity index (χ3n) is 3.25. The van der Waals surface area contributed by atoms with Gasteiger partial charge in [0.2, 0.25) is 0 Å². The van der Waals surface area contributed by atoms with Gasteiger partial charge in [-0.15, -0.1) is 0 Å². The second kappa shape index (κ2) is 7.40. The summed E-state index contributed by atoms with van der Waals surface area (Å²) in [7, 11) is 0. The van der Waals surface area contributed by atoms with Gasteiger partial charge in [-0.3, -0.25) is 10.1 Å². The molecule has 1 aromatic carbocycles. The number of nitro groups is 1. The van der Waals surface area contributed by atoms with E-state index in [-0.39, 0.29) is 35.6 Å². The Labute approximate surface area is 122 Å². The van der Waals surface area contributed by atoms with Gasteiger partial charge in [0.05, 0.1) is 16.6 Å². The van der Waals surface area contributed by atoms with Crippen molar-refractivity contribution in [3.8, 4) is 0 Å². The monoisotopic (exact) mass is 304 g/mol. The zero-order chi connectivity index (χ0) is 15.3. The fraction of sp³-hybridized carbons (Fsp3) is 0.538. The molecule has 0 bridgehead atoms. The molecule has 0 saturated carbocycles. The van der Waals surface area contributed by atoms with E-state index in [2.05, 4.69) is 0 Å². The first-order valence-corrected chi connectivity index (χ1v) is 6.84. The Hall–Kier alpha value is -1.40. The number of rotatable bonds is 7. The summed E-state index contributed by atoms with van der Waals surface area (Å²) in [6.07, 6.45) is 1.47. The topological polar surface area (TPSA) is 66.6 Å². The van der Waals surface area contributed by atoms with Gasteiger partial charge in [0, 0.05) is 24.7 Å². The first kappa shape index (κ1) is 16.7. The molecule has 0 saturated heterocycles. The van der Waals surface area contributed by atoms with Crippen molar-refractivity contribution in [2.45, 2.75) is 32.7 Å². The first-order chi connectivity index (χ1) is 9.46. The van der Waals surface area contributed by atoms with Gasteiger partial charge in [-0.1, -0.05) is 25.4 Å². The second-order valence-electron chi connectivity index (χ2n) is 4.40. The zero-order valence-electron chi connectivity index (χ0n) is 11.5. The van der Waals surface area contributed by atoms with Crippen molar-refractivity contribution in [2.24, 2.45) is 0 Å². The van der Waals surface area contributed by atoms with E-state index in [1.165, 1.54) is 0 Å². The molecule has 0 aliphatic carbocycles. The first-order valence-electron chi connectivity index (χ1n) is 6.47. The number of halogens is 2. The molecule has 5 nitrogen and oxygen atoms in total. The number of nitro benzene ring substituents is 1. The third kappa shape index (κ3) is 3.58. The summed E-state index contributed by atoms with van der Waals surface area (Å²) in [6, 6.07) is 2.06. The van der Waals surface area contributed by atoms with Crippen LogP contribution in [0.15, 0.2) is 12.1 Å². The van der Waals surface area contributed by atoms with Crippen molar-refractivity contribution in [1.29, 1.82) is 0 Å². The summed E-state index contributed by atoms with van der Waals surface area (Å²) in [5.41, 5.74) is -0.101. The van der Waals surface area contributed by atoms with Crippen molar-refractivity contribution in [3.05, 3.63) is 33.1 Å². The summed E-state index contributed by atoms with van der Waals surface area (Å²) in [6.45, 7) is 3.92. The minimum atomic E-state index is -0.707. The Morgan fingerprint density at radius 3 is 2.50 bits per heavy atom. The van der Waals surface area contributed by atoms with E-state index in [1.807, 2.05) is 13.8 Å². The number of anilines is 1. The third-order valence-corrected chi connectivity index (χ3v) is 3.54. The van der Waals surface area contributed by atoms with Gasteiger partial charge in [0.1, 0.15) is 11.5 Å². The normalized spacial score (nSPS) is 10.9. The van der Waals surface area contributed by atoms with Crippen LogP contribution in [0.5, 0.6) is 0 Å². The molecule has 0 unspecified atom stereocenters. The van der Waals surface area contributed by atoms with Crippen molar-refractivity contribution in [1.82, 2.24) is 0 Å². The van der Waals surface area contributed by atoms with Gasteiger partial charge in [0.15, 0.2) is 0 Å². The van der Waals surface area contributed by atoms with Gasteiger partial charge in [0.25, 0.3) is 5.69 Å². The van der Waals surface area contributed by atoms with Gasteiger partial charge in [-0.25, -0.2) is 4.39 Å². The fourth-order valence-electron chi connectivity index (χ4n) is 2.24. The van der Waals surface area contributed by atoms with Crippen LogP contribution < -0.4 is 4.90 Å². The molecule has 0 atom stereocenters. The van der Waals surface area contributed by atoms with E-state index in [0.29, 0.717) is 0 Å². The number of benzene rings is 1. The van der Waals surface area contributed by atoms with E-state index >= 15 is 0 Å². The minimum absolute atomic E-state index is 0.0126. The van der Waals surface area contributed by atoms with Crippen LogP contribution in [0.1, 0.15) is 26.7 Å². The van der Waals surface area contributed by atoms with Crippen LogP contribution in [0.2, 0.25) is 5.02 Å². The Balaban J connectivity index is 3.37. The quantitative estimate of drug-likeness (QED) is 0.619. The molecule has 1 N–H and O–H groups in total. The highest BCUT2D eigenvalue weighted by Crippen LogP contribution is 2.35. The average Bonchev–Trinajstić information content (AvgIpc) is 2.41.